The number of carbonyl (C=O) groups is 1. The molecule has 2 rings (SSSR count). The Hall–Kier alpha value is -2.48. The van der Waals surface area contributed by atoms with Gasteiger partial charge in [-0.05, 0) is 24.3 Å². The smallest absolute Gasteiger partial charge is 0.339 e. The van der Waals surface area contributed by atoms with Gasteiger partial charge in [0.15, 0.2) is 0 Å². The summed E-state index contributed by atoms with van der Waals surface area (Å²) in [5, 5.41) is 19.9. The number of pyridine rings is 1. The fourth-order valence-corrected chi connectivity index (χ4v) is 1.80. The van der Waals surface area contributed by atoms with Crippen LogP contribution in [0.4, 0.5) is 5.69 Å². The average Bonchev–Trinajstić information content (AvgIpc) is 2.38. The van der Waals surface area contributed by atoms with Crippen LogP contribution >= 0.6 is 15.9 Å². The van der Waals surface area contributed by atoms with Crippen molar-refractivity contribution in [2.24, 2.45) is 0 Å². The molecule has 1 heterocycles. The van der Waals surface area contributed by atoms with Crippen LogP contribution in [0.1, 0.15) is 10.4 Å². The molecule has 0 radical (unpaired) electrons. The van der Waals surface area contributed by atoms with E-state index in [1.807, 2.05) is 0 Å². The standard InChI is InChI=1S/C12H7BrN2O5/c13-7-3-4-8(12(16)17)10(6-7)20-11-9(15(18)19)2-1-5-14-11/h1-6H,(H,16,17). The van der Waals surface area contributed by atoms with E-state index in [1.165, 1.54) is 36.5 Å². The van der Waals surface area contributed by atoms with Gasteiger partial charge in [-0.25, -0.2) is 9.78 Å². The van der Waals surface area contributed by atoms with Gasteiger partial charge in [-0.1, -0.05) is 15.9 Å². The van der Waals surface area contributed by atoms with Crippen molar-refractivity contribution in [1.82, 2.24) is 4.98 Å². The molecule has 0 amide bonds. The van der Waals surface area contributed by atoms with Gasteiger partial charge < -0.3 is 9.84 Å². The number of carboxylic acids is 1. The molecule has 0 saturated carbocycles. The van der Waals surface area contributed by atoms with E-state index in [-0.39, 0.29) is 22.9 Å². The van der Waals surface area contributed by atoms with Crippen LogP contribution in [0.15, 0.2) is 41.0 Å². The van der Waals surface area contributed by atoms with Crippen LogP contribution in [0.3, 0.4) is 0 Å². The summed E-state index contributed by atoms with van der Waals surface area (Å²) in [6.07, 6.45) is 1.32. The first-order chi connectivity index (χ1) is 9.49. The van der Waals surface area contributed by atoms with Gasteiger partial charge in [0, 0.05) is 16.7 Å². The zero-order valence-electron chi connectivity index (χ0n) is 9.82. The highest BCUT2D eigenvalue weighted by atomic mass is 79.9. The van der Waals surface area contributed by atoms with E-state index in [0.717, 1.165) is 0 Å². The molecule has 1 aromatic heterocycles. The minimum Gasteiger partial charge on any atom is -0.478 e. The van der Waals surface area contributed by atoms with Crippen molar-refractivity contribution in [2.45, 2.75) is 0 Å². The third-order valence-corrected chi connectivity index (χ3v) is 2.82. The van der Waals surface area contributed by atoms with Crippen molar-refractivity contribution >= 4 is 27.6 Å². The lowest BCUT2D eigenvalue weighted by molar-refractivity contribution is -0.386. The number of aromatic nitrogens is 1. The van der Waals surface area contributed by atoms with E-state index in [9.17, 15) is 14.9 Å². The minimum atomic E-state index is -1.20. The maximum Gasteiger partial charge on any atom is 0.339 e. The van der Waals surface area contributed by atoms with Crippen molar-refractivity contribution in [3.8, 4) is 11.6 Å². The molecule has 1 N–H and O–H groups in total. The third kappa shape index (κ3) is 2.91. The molecule has 0 saturated heterocycles. The molecular formula is C12H7BrN2O5. The van der Waals surface area contributed by atoms with Gasteiger partial charge in [-0.3, -0.25) is 10.1 Å². The number of rotatable bonds is 4. The molecule has 0 bridgehead atoms. The molecule has 0 unspecified atom stereocenters. The van der Waals surface area contributed by atoms with Gasteiger partial charge in [0.2, 0.25) is 0 Å². The molecule has 2 aromatic rings. The van der Waals surface area contributed by atoms with Gasteiger partial charge in [0.1, 0.15) is 11.3 Å². The quantitative estimate of drug-likeness (QED) is 0.678. The van der Waals surface area contributed by atoms with Crippen molar-refractivity contribution in [1.29, 1.82) is 0 Å². The van der Waals surface area contributed by atoms with E-state index < -0.39 is 10.9 Å². The first-order valence-electron chi connectivity index (χ1n) is 5.29. The van der Waals surface area contributed by atoms with Crippen LogP contribution in [0.5, 0.6) is 11.6 Å². The zero-order valence-corrected chi connectivity index (χ0v) is 11.4. The second-order valence-corrected chi connectivity index (χ2v) is 4.55. The number of hydrogen-bond acceptors (Lipinski definition) is 5. The number of nitrogens with zero attached hydrogens (tertiary/aromatic N) is 2. The molecule has 0 aliphatic carbocycles. The molecule has 1 aromatic carbocycles. The fraction of sp³-hybridized carbons (Fsp3) is 0. The highest BCUT2D eigenvalue weighted by Gasteiger charge is 2.19. The zero-order chi connectivity index (χ0) is 14.7. The van der Waals surface area contributed by atoms with Gasteiger partial charge in [0.05, 0.1) is 4.92 Å². The predicted molar refractivity (Wildman–Crippen MR) is 72.1 cm³/mol. The summed E-state index contributed by atoms with van der Waals surface area (Å²) in [4.78, 5) is 25.1. The van der Waals surface area contributed by atoms with Gasteiger partial charge >= 0.3 is 11.7 Å². The Kier molecular flexibility index (Phi) is 3.94. The first-order valence-corrected chi connectivity index (χ1v) is 6.08. The lowest BCUT2D eigenvalue weighted by atomic mass is 10.2. The Balaban J connectivity index is 2.47. The number of halogens is 1. The highest BCUT2D eigenvalue weighted by molar-refractivity contribution is 9.10. The van der Waals surface area contributed by atoms with Crippen molar-refractivity contribution in [3.05, 3.63) is 56.7 Å². The topological polar surface area (TPSA) is 103 Å². The number of hydrogen-bond donors (Lipinski definition) is 1. The van der Waals surface area contributed by atoms with E-state index in [2.05, 4.69) is 20.9 Å². The summed E-state index contributed by atoms with van der Waals surface area (Å²) in [5.74, 6) is -1.50. The molecule has 0 atom stereocenters. The largest absolute Gasteiger partial charge is 0.478 e. The Labute approximate surface area is 121 Å². The summed E-state index contributed by atoms with van der Waals surface area (Å²) >= 11 is 3.18. The fourth-order valence-electron chi connectivity index (χ4n) is 1.46. The Morgan fingerprint density at radius 1 is 1.40 bits per heavy atom. The molecule has 7 nitrogen and oxygen atoms in total. The Morgan fingerprint density at radius 3 is 2.80 bits per heavy atom. The number of aromatic carboxylic acids is 1. The van der Waals surface area contributed by atoms with Crippen LogP contribution in [0.25, 0.3) is 0 Å². The SMILES string of the molecule is O=C(O)c1ccc(Br)cc1Oc1ncccc1[N+](=O)[O-]. The highest BCUT2D eigenvalue weighted by Crippen LogP contribution is 2.32. The van der Waals surface area contributed by atoms with Crippen LogP contribution in [-0.2, 0) is 0 Å². The monoisotopic (exact) mass is 338 g/mol. The summed E-state index contributed by atoms with van der Waals surface area (Å²) in [7, 11) is 0. The third-order valence-electron chi connectivity index (χ3n) is 2.33. The maximum atomic E-state index is 11.1. The summed E-state index contributed by atoms with van der Waals surface area (Å²) in [6, 6.07) is 6.88. The second-order valence-electron chi connectivity index (χ2n) is 3.63. The molecule has 0 spiro atoms. The van der Waals surface area contributed by atoms with Gasteiger partial charge in [-0.15, -0.1) is 0 Å². The minimum absolute atomic E-state index is 0.0336. The molecule has 0 aliphatic heterocycles. The second kappa shape index (κ2) is 5.66. The average molecular weight is 339 g/mol. The van der Waals surface area contributed by atoms with Gasteiger partial charge in [0.25, 0.3) is 5.88 Å². The van der Waals surface area contributed by atoms with Crippen LogP contribution in [0, 0.1) is 10.1 Å². The summed E-state index contributed by atoms with van der Waals surface area (Å²) in [5.41, 5.74) is -0.461. The molecule has 0 aliphatic rings. The number of benzene rings is 1. The van der Waals surface area contributed by atoms with E-state index in [1.54, 1.807) is 0 Å². The van der Waals surface area contributed by atoms with Crippen LogP contribution < -0.4 is 4.74 Å². The Morgan fingerprint density at radius 2 is 2.15 bits per heavy atom. The summed E-state index contributed by atoms with van der Waals surface area (Å²) in [6.45, 7) is 0. The predicted octanol–water partition coefficient (Wildman–Crippen LogP) is 3.24. The van der Waals surface area contributed by atoms with E-state index in [4.69, 9.17) is 9.84 Å². The summed E-state index contributed by atoms with van der Waals surface area (Å²) < 4.78 is 5.86. The van der Waals surface area contributed by atoms with Crippen molar-refractivity contribution < 1.29 is 19.6 Å². The Bertz CT molecular complexity index is 689. The van der Waals surface area contributed by atoms with Crippen LogP contribution in [-0.4, -0.2) is 21.0 Å². The lowest BCUT2D eigenvalue weighted by Crippen LogP contribution is -2.02. The normalized spacial score (nSPS) is 10.1. The molecular weight excluding hydrogens is 332 g/mol. The number of ether oxygens (including phenoxy) is 1. The number of carboxylic acid groups (broad SMARTS) is 1. The number of nitro groups is 1. The van der Waals surface area contributed by atoms with Crippen molar-refractivity contribution in [2.75, 3.05) is 0 Å². The lowest BCUT2D eigenvalue weighted by Gasteiger charge is -2.08. The molecule has 0 fully saturated rings. The van der Waals surface area contributed by atoms with E-state index in [0.29, 0.717) is 4.47 Å². The van der Waals surface area contributed by atoms with E-state index >= 15 is 0 Å². The van der Waals surface area contributed by atoms with Gasteiger partial charge in [-0.2, -0.15) is 0 Å². The molecule has 20 heavy (non-hydrogen) atoms. The first kappa shape index (κ1) is 13.9. The van der Waals surface area contributed by atoms with Crippen LogP contribution in [0.2, 0.25) is 0 Å². The van der Waals surface area contributed by atoms with Crippen molar-refractivity contribution in [3.63, 3.8) is 0 Å². The maximum absolute atomic E-state index is 11.1. The molecule has 8 heteroatoms. The molecule has 102 valence electrons.